The number of carbonyl (C=O) groups is 1. The molecule has 1 aliphatic rings. The SMILES string of the molecule is CC1CN(c2ccc(C=O)cc2F)CC(C)N1C. The van der Waals surface area contributed by atoms with Crippen LogP contribution in [0.25, 0.3) is 0 Å². The number of halogens is 1. The van der Waals surface area contributed by atoms with Crippen LogP contribution in [0.2, 0.25) is 0 Å². The highest BCUT2D eigenvalue weighted by atomic mass is 19.1. The molecule has 1 heterocycles. The number of aldehydes is 1. The van der Waals surface area contributed by atoms with Crippen LogP contribution < -0.4 is 4.90 Å². The fourth-order valence-electron chi connectivity index (χ4n) is 2.45. The van der Waals surface area contributed by atoms with Crippen LogP contribution in [-0.4, -0.2) is 43.4 Å². The van der Waals surface area contributed by atoms with Gasteiger partial charge in [-0.2, -0.15) is 0 Å². The molecule has 0 saturated carbocycles. The minimum absolute atomic E-state index is 0.316. The molecule has 1 aliphatic heterocycles. The minimum atomic E-state index is -0.316. The Balaban J connectivity index is 2.24. The average molecular weight is 250 g/mol. The van der Waals surface area contributed by atoms with Crippen LogP contribution in [0.15, 0.2) is 18.2 Å². The lowest BCUT2D eigenvalue weighted by atomic mass is 10.1. The van der Waals surface area contributed by atoms with E-state index in [2.05, 4.69) is 30.7 Å². The van der Waals surface area contributed by atoms with Crippen LogP contribution in [0, 0.1) is 5.82 Å². The highest BCUT2D eigenvalue weighted by Gasteiger charge is 2.27. The Morgan fingerprint density at radius 1 is 1.28 bits per heavy atom. The molecular weight excluding hydrogens is 231 g/mol. The maximum Gasteiger partial charge on any atom is 0.150 e. The van der Waals surface area contributed by atoms with Gasteiger partial charge in [-0.15, -0.1) is 0 Å². The predicted molar refractivity (Wildman–Crippen MR) is 70.7 cm³/mol. The van der Waals surface area contributed by atoms with Gasteiger partial charge in [0.2, 0.25) is 0 Å². The standard InChI is InChI=1S/C14H19FN2O/c1-10-7-17(8-11(2)16(10)3)14-5-4-12(9-18)6-13(14)15/h4-6,9-11H,7-8H2,1-3H3. The van der Waals surface area contributed by atoms with Crippen molar-refractivity contribution in [3.05, 3.63) is 29.6 Å². The second-order valence-electron chi connectivity index (χ2n) is 5.10. The first-order chi connectivity index (χ1) is 8.52. The van der Waals surface area contributed by atoms with Crippen molar-refractivity contribution in [1.29, 1.82) is 0 Å². The summed E-state index contributed by atoms with van der Waals surface area (Å²) < 4.78 is 14.0. The van der Waals surface area contributed by atoms with E-state index in [9.17, 15) is 9.18 Å². The Labute approximate surface area is 107 Å². The maximum absolute atomic E-state index is 14.0. The lowest BCUT2D eigenvalue weighted by Crippen LogP contribution is -2.55. The molecule has 4 heteroatoms. The summed E-state index contributed by atoms with van der Waals surface area (Å²) in [4.78, 5) is 15.0. The largest absolute Gasteiger partial charge is 0.366 e. The van der Waals surface area contributed by atoms with Crippen LogP contribution in [-0.2, 0) is 0 Å². The molecule has 2 rings (SSSR count). The molecule has 1 aromatic carbocycles. The van der Waals surface area contributed by atoms with Gasteiger partial charge in [-0.3, -0.25) is 9.69 Å². The third kappa shape index (κ3) is 2.38. The Kier molecular flexibility index (Phi) is 3.66. The van der Waals surface area contributed by atoms with E-state index < -0.39 is 0 Å². The molecule has 2 atom stereocenters. The summed E-state index contributed by atoms with van der Waals surface area (Å²) in [5.41, 5.74) is 0.971. The number of rotatable bonds is 2. The van der Waals surface area contributed by atoms with Crippen molar-refractivity contribution in [3.8, 4) is 0 Å². The van der Waals surface area contributed by atoms with Gasteiger partial charge < -0.3 is 4.90 Å². The Morgan fingerprint density at radius 2 is 1.89 bits per heavy atom. The third-order valence-electron chi connectivity index (χ3n) is 3.81. The van der Waals surface area contributed by atoms with E-state index in [1.54, 1.807) is 12.1 Å². The molecule has 0 N–H and O–H groups in total. The number of benzene rings is 1. The molecule has 0 radical (unpaired) electrons. The van der Waals surface area contributed by atoms with Gasteiger partial charge in [0.05, 0.1) is 5.69 Å². The first-order valence-corrected chi connectivity index (χ1v) is 6.24. The summed E-state index contributed by atoms with van der Waals surface area (Å²) in [7, 11) is 2.10. The molecule has 0 spiro atoms. The van der Waals surface area contributed by atoms with E-state index in [0.29, 0.717) is 29.6 Å². The molecule has 0 aliphatic carbocycles. The molecule has 0 amide bonds. The summed E-state index contributed by atoms with van der Waals surface area (Å²) in [5, 5.41) is 0. The molecule has 18 heavy (non-hydrogen) atoms. The van der Waals surface area contributed by atoms with Gasteiger partial charge in [0.1, 0.15) is 12.1 Å². The molecule has 0 bridgehead atoms. The number of likely N-dealkylation sites (N-methyl/N-ethyl adjacent to an activating group) is 1. The zero-order chi connectivity index (χ0) is 13.3. The Morgan fingerprint density at radius 3 is 2.39 bits per heavy atom. The van der Waals surface area contributed by atoms with Crippen molar-refractivity contribution in [2.24, 2.45) is 0 Å². The lowest BCUT2D eigenvalue weighted by Gasteiger charge is -2.43. The summed E-state index contributed by atoms with van der Waals surface area (Å²) in [5.74, 6) is -0.316. The van der Waals surface area contributed by atoms with Crippen molar-refractivity contribution in [3.63, 3.8) is 0 Å². The van der Waals surface area contributed by atoms with Gasteiger partial charge in [0, 0.05) is 30.7 Å². The predicted octanol–water partition coefficient (Wildman–Crippen LogP) is 2.17. The maximum atomic E-state index is 14.0. The second kappa shape index (κ2) is 5.06. The van der Waals surface area contributed by atoms with Crippen molar-refractivity contribution in [2.75, 3.05) is 25.0 Å². The number of carbonyl (C=O) groups excluding carboxylic acids is 1. The molecule has 0 aromatic heterocycles. The summed E-state index contributed by atoms with van der Waals surface area (Å²) >= 11 is 0. The zero-order valence-corrected chi connectivity index (χ0v) is 11.1. The monoisotopic (exact) mass is 250 g/mol. The summed E-state index contributed by atoms with van der Waals surface area (Å²) in [6.07, 6.45) is 0.669. The van der Waals surface area contributed by atoms with E-state index in [0.717, 1.165) is 13.1 Å². The number of nitrogens with zero attached hydrogens (tertiary/aromatic N) is 2. The normalized spacial score (nSPS) is 25.2. The topological polar surface area (TPSA) is 23.6 Å². The summed E-state index contributed by atoms with van der Waals surface area (Å²) in [6, 6.07) is 5.44. The highest BCUT2D eigenvalue weighted by Crippen LogP contribution is 2.24. The fourth-order valence-corrected chi connectivity index (χ4v) is 2.45. The molecule has 2 unspecified atom stereocenters. The molecule has 1 saturated heterocycles. The van der Waals surface area contributed by atoms with Crippen LogP contribution in [0.3, 0.4) is 0 Å². The van der Waals surface area contributed by atoms with Crippen LogP contribution >= 0.6 is 0 Å². The third-order valence-corrected chi connectivity index (χ3v) is 3.81. The van der Waals surface area contributed by atoms with Gasteiger partial charge >= 0.3 is 0 Å². The quantitative estimate of drug-likeness (QED) is 0.752. The van der Waals surface area contributed by atoms with Crippen LogP contribution in [0.5, 0.6) is 0 Å². The Bertz CT molecular complexity index is 437. The smallest absolute Gasteiger partial charge is 0.150 e. The zero-order valence-electron chi connectivity index (χ0n) is 11.1. The average Bonchev–Trinajstić information content (AvgIpc) is 2.35. The molecular formula is C14H19FN2O. The first-order valence-electron chi connectivity index (χ1n) is 6.24. The van der Waals surface area contributed by atoms with Gasteiger partial charge in [-0.1, -0.05) is 0 Å². The van der Waals surface area contributed by atoms with Crippen molar-refractivity contribution in [1.82, 2.24) is 4.90 Å². The van der Waals surface area contributed by atoms with Gasteiger partial charge in [-0.05, 0) is 39.1 Å². The van der Waals surface area contributed by atoms with E-state index >= 15 is 0 Å². The first kappa shape index (κ1) is 13.0. The molecule has 98 valence electrons. The Hall–Kier alpha value is -1.42. The van der Waals surface area contributed by atoms with E-state index in [1.807, 2.05) is 0 Å². The lowest BCUT2D eigenvalue weighted by molar-refractivity contribution is 0.112. The van der Waals surface area contributed by atoms with E-state index in [-0.39, 0.29) is 5.82 Å². The van der Waals surface area contributed by atoms with E-state index in [4.69, 9.17) is 0 Å². The number of hydrogen-bond acceptors (Lipinski definition) is 3. The van der Waals surface area contributed by atoms with Crippen molar-refractivity contribution in [2.45, 2.75) is 25.9 Å². The van der Waals surface area contributed by atoms with Crippen LogP contribution in [0.4, 0.5) is 10.1 Å². The van der Waals surface area contributed by atoms with Crippen molar-refractivity contribution >= 4 is 12.0 Å². The van der Waals surface area contributed by atoms with Gasteiger partial charge in [-0.25, -0.2) is 4.39 Å². The number of piperazine rings is 1. The van der Waals surface area contributed by atoms with Gasteiger partial charge in [0.25, 0.3) is 0 Å². The number of hydrogen-bond donors (Lipinski definition) is 0. The molecule has 1 fully saturated rings. The fraction of sp³-hybridized carbons (Fsp3) is 0.500. The second-order valence-corrected chi connectivity index (χ2v) is 5.10. The number of anilines is 1. The highest BCUT2D eigenvalue weighted by molar-refractivity contribution is 5.76. The van der Waals surface area contributed by atoms with Gasteiger partial charge in [0.15, 0.2) is 0 Å². The van der Waals surface area contributed by atoms with Crippen LogP contribution in [0.1, 0.15) is 24.2 Å². The van der Waals surface area contributed by atoms with Crippen molar-refractivity contribution < 1.29 is 9.18 Å². The molecule has 1 aromatic rings. The summed E-state index contributed by atoms with van der Waals surface area (Å²) in [6.45, 7) is 5.89. The molecule has 3 nitrogen and oxygen atoms in total. The van der Waals surface area contributed by atoms with E-state index in [1.165, 1.54) is 6.07 Å². The minimum Gasteiger partial charge on any atom is -0.366 e.